The molecule has 2 heterocycles. The number of hydrogen-bond acceptors (Lipinski definition) is 5. The highest BCUT2D eigenvalue weighted by Gasteiger charge is 2.17. The molecule has 0 fully saturated rings. The molecular weight excluding hydrogens is 412 g/mol. The van der Waals surface area contributed by atoms with Crippen molar-refractivity contribution in [3.63, 3.8) is 0 Å². The van der Waals surface area contributed by atoms with E-state index in [2.05, 4.69) is 10.3 Å². The van der Waals surface area contributed by atoms with Gasteiger partial charge in [-0.1, -0.05) is 42.1 Å². The second kappa shape index (κ2) is 8.95. The van der Waals surface area contributed by atoms with E-state index < -0.39 is 0 Å². The summed E-state index contributed by atoms with van der Waals surface area (Å²) in [6.07, 6.45) is 0. The molecule has 0 unspecified atom stereocenters. The van der Waals surface area contributed by atoms with Gasteiger partial charge >= 0.3 is 0 Å². The number of nitrogens with zero attached hydrogens (tertiary/aromatic N) is 2. The van der Waals surface area contributed by atoms with Crippen LogP contribution in [0.2, 0.25) is 0 Å². The lowest BCUT2D eigenvalue weighted by Gasteiger charge is -2.13. The summed E-state index contributed by atoms with van der Waals surface area (Å²) in [5.74, 6) is -0.00835. The third-order valence-electron chi connectivity index (χ3n) is 5.31. The van der Waals surface area contributed by atoms with Crippen LogP contribution in [0.4, 0.5) is 5.69 Å². The summed E-state index contributed by atoms with van der Waals surface area (Å²) < 4.78 is 6.74. The average Bonchev–Trinajstić information content (AvgIpc) is 3.14. The lowest BCUT2D eigenvalue weighted by molar-refractivity contribution is -0.113. The number of nitrogens with one attached hydrogen (secondary N) is 2. The van der Waals surface area contributed by atoms with Crippen LogP contribution in [0.15, 0.2) is 52.4 Å². The number of rotatable bonds is 7. The maximum Gasteiger partial charge on any atom is 0.278 e. The van der Waals surface area contributed by atoms with Crippen LogP contribution in [0.25, 0.3) is 21.9 Å². The zero-order valence-electron chi connectivity index (χ0n) is 17.7. The van der Waals surface area contributed by atoms with E-state index >= 15 is 0 Å². The van der Waals surface area contributed by atoms with Crippen molar-refractivity contribution >= 4 is 45.3 Å². The van der Waals surface area contributed by atoms with Crippen molar-refractivity contribution < 1.29 is 9.53 Å². The maximum absolute atomic E-state index is 13.2. The zero-order valence-corrected chi connectivity index (χ0v) is 18.5. The highest BCUT2D eigenvalue weighted by Crippen LogP contribution is 2.25. The van der Waals surface area contributed by atoms with Crippen molar-refractivity contribution in [2.75, 3.05) is 24.8 Å². The van der Waals surface area contributed by atoms with Gasteiger partial charge in [-0.15, -0.1) is 0 Å². The van der Waals surface area contributed by atoms with Crippen LogP contribution in [0.1, 0.15) is 11.1 Å². The lowest BCUT2D eigenvalue weighted by atomic mass is 10.1. The summed E-state index contributed by atoms with van der Waals surface area (Å²) in [7, 11) is 1.59. The molecule has 160 valence electrons. The van der Waals surface area contributed by atoms with Gasteiger partial charge in [0.2, 0.25) is 5.91 Å². The number of carbonyl (C=O) groups is 1. The number of hydrogen-bond donors (Lipinski definition) is 2. The van der Waals surface area contributed by atoms with E-state index in [0.717, 1.165) is 27.7 Å². The van der Waals surface area contributed by atoms with Gasteiger partial charge in [0.05, 0.1) is 18.9 Å². The molecule has 0 aliphatic carbocycles. The minimum atomic E-state index is -0.171. The number of anilines is 1. The molecule has 4 rings (SSSR count). The van der Waals surface area contributed by atoms with E-state index in [4.69, 9.17) is 9.72 Å². The van der Waals surface area contributed by atoms with E-state index in [9.17, 15) is 9.59 Å². The number of thioether (sulfide) groups is 1. The largest absolute Gasteiger partial charge is 0.383 e. The number of aryl methyl sites for hydroxylation is 1. The van der Waals surface area contributed by atoms with Crippen LogP contribution in [0, 0.1) is 13.8 Å². The van der Waals surface area contributed by atoms with Crippen molar-refractivity contribution in [1.82, 2.24) is 14.5 Å². The van der Waals surface area contributed by atoms with Crippen molar-refractivity contribution in [1.29, 1.82) is 0 Å². The molecule has 0 bridgehead atoms. The lowest BCUT2D eigenvalue weighted by Crippen LogP contribution is -2.26. The first-order valence-corrected chi connectivity index (χ1v) is 11.0. The number of para-hydroxylation sites is 1. The zero-order chi connectivity index (χ0) is 22.0. The number of aromatic amines is 1. The Labute approximate surface area is 183 Å². The number of amides is 1. The molecule has 2 aromatic heterocycles. The fourth-order valence-corrected chi connectivity index (χ4v) is 4.29. The molecule has 1 amide bonds. The Hall–Kier alpha value is -3.10. The van der Waals surface area contributed by atoms with Crippen LogP contribution in [0.5, 0.6) is 0 Å². The minimum Gasteiger partial charge on any atom is -0.383 e. The molecule has 0 saturated carbocycles. The Morgan fingerprint density at radius 1 is 1.19 bits per heavy atom. The first kappa shape index (κ1) is 21.1. The summed E-state index contributed by atoms with van der Waals surface area (Å²) >= 11 is 1.25. The molecule has 0 aliphatic rings. The predicted molar refractivity (Wildman–Crippen MR) is 125 cm³/mol. The molecule has 2 aromatic carbocycles. The summed E-state index contributed by atoms with van der Waals surface area (Å²) in [5.41, 5.74) is 4.71. The normalized spacial score (nSPS) is 11.3. The highest BCUT2D eigenvalue weighted by atomic mass is 32.2. The smallest absolute Gasteiger partial charge is 0.278 e. The van der Waals surface area contributed by atoms with E-state index in [1.54, 1.807) is 11.7 Å². The molecule has 2 N–H and O–H groups in total. The Kier molecular flexibility index (Phi) is 6.11. The number of aromatic nitrogens is 3. The van der Waals surface area contributed by atoms with Gasteiger partial charge in [-0.3, -0.25) is 14.2 Å². The fourth-order valence-electron chi connectivity index (χ4n) is 3.47. The van der Waals surface area contributed by atoms with Gasteiger partial charge in [-0.05, 0) is 37.1 Å². The van der Waals surface area contributed by atoms with E-state index in [-0.39, 0.29) is 17.2 Å². The molecule has 31 heavy (non-hydrogen) atoms. The third kappa shape index (κ3) is 4.22. The van der Waals surface area contributed by atoms with Crippen molar-refractivity contribution in [3.05, 3.63) is 63.9 Å². The van der Waals surface area contributed by atoms with E-state index in [0.29, 0.717) is 29.3 Å². The molecule has 8 heteroatoms. The summed E-state index contributed by atoms with van der Waals surface area (Å²) in [6, 6.07) is 13.5. The van der Waals surface area contributed by atoms with Gasteiger partial charge in [0.1, 0.15) is 11.0 Å². The summed E-state index contributed by atoms with van der Waals surface area (Å²) in [6.45, 7) is 4.71. The Morgan fingerprint density at radius 3 is 2.81 bits per heavy atom. The number of ether oxygens (including phenoxy) is 1. The molecule has 7 nitrogen and oxygen atoms in total. The molecule has 0 atom stereocenters. The van der Waals surface area contributed by atoms with E-state index in [1.165, 1.54) is 11.8 Å². The minimum absolute atomic E-state index is 0.140. The van der Waals surface area contributed by atoms with Crippen LogP contribution in [0.3, 0.4) is 0 Å². The van der Waals surface area contributed by atoms with Gasteiger partial charge in [0, 0.05) is 23.7 Å². The molecule has 4 aromatic rings. The molecule has 0 radical (unpaired) electrons. The number of fused-ring (bicyclic) bond motifs is 3. The SMILES string of the molecule is COCCn1c(SCC(=O)Nc2cccc(C)c2C)nc2c([nH]c3ccccc32)c1=O. The fraction of sp³-hybridized carbons (Fsp3) is 0.261. The van der Waals surface area contributed by atoms with Crippen LogP contribution >= 0.6 is 11.8 Å². The first-order chi connectivity index (χ1) is 15.0. The third-order valence-corrected chi connectivity index (χ3v) is 6.28. The average molecular weight is 437 g/mol. The van der Waals surface area contributed by atoms with Gasteiger partial charge in [0.15, 0.2) is 5.16 Å². The summed E-state index contributed by atoms with van der Waals surface area (Å²) in [4.78, 5) is 33.7. The number of benzene rings is 2. The van der Waals surface area contributed by atoms with Gasteiger partial charge in [-0.25, -0.2) is 4.98 Å². The Morgan fingerprint density at radius 2 is 2.00 bits per heavy atom. The van der Waals surface area contributed by atoms with Crippen molar-refractivity contribution in [2.45, 2.75) is 25.5 Å². The number of carbonyl (C=O) groups excluding carboxylic acids is 1. The summed E-state index contributed by atoms with van der Waals surface area (Å²) in [5, 5.41) is 4.33. The Bertz CT molecular complexity index is 1330. The Balaban J connectivity index is 1.65. The number of methoxy groups -OCH3 is 1. The monoisotopic (exact) mass is 436 g/mol. The van der Waals surface area contributed by atoms with Crippen LogP contribution in [-0.4, -0.2) is 39.9 Å². The second-order valence-corrected chi connectivity index (χ2v) is 8.26. The quantitative estimate of drug-likeness (QED) is 0.339. The van der Waals surface area contributed by atoms with Crippen LogP contribution in [-0.2, 0) is 16.1 Å². The van der Waals surface area contributed by atoms with Gasteiger partial charge < -0.3 is 15.0 Å². The van der Waals surface area contributed by atoms with Crippen molar-refractivity contribution in [2.24, 2.45) is 0 Å². The molecule has 0 saturated heterocycles. The topological polar surface area (TPSA) is 89.0 Å². The molecule has 0 aliphatic heterocycles. The van der Waals surface area contributed by atoms with E-state index in [1.807, 2.05) is 56.3 Å². The highest BCUT2D eigenvalue weighted by molar-refractivity contribution is 7.99. The standard InChI is InChI=1S/C23H24N4O3S/c1-14-7-6-10-17(15(14)2)24-19(28)13-31-23-26-20-16-8-4-5-9-18(16)25-21(20)22(29)27(23)11-12-30-3/h4-10,25H,11-13H2,1-3H3,(H,24,28). The van der Waals surface area contributed by atoms with Gasteiger partial charge in [-0.2, -0.15) is 0 Å². The predicted octanol–water partition coefficient (Wildman–Crippen LogP) is 3.87. The molecule has 0 spiro atoms. The second-order valence-electron chi connectivity index (χ2n) is 7.32. The number of H-pyrrole nitrogens is 1. The molecular formula is C23H24N4O3S. The maximum atomic E-state index is 13.2. The first-order valence-electron chi connectivity index (χ1n) is 9.98. The van der Waals surface area contributed by atoms with Crippen molar-refractivity contribution in [3.8, 4) is 0 Å². The van der Waals surface area contributed by atoms with Gasteiger partial charge in [0.25, 0.3) is 5.56 Å². The van der Waals surface area contributed by atoms with Crippen LogP contribution < -0.4 is 10.9 Å².